The molecule has 0 N–H and O–H groups in total. The largest absolute Gasteiger partial charge is 0.457 e. The Morgan fingerprint density at radius 1 is 1.12 bits per heavy atom. The summed E-state index contributed by atoms with van der Waals surface area (Å²) in [6, 6.07) is 11.6. The summed E-state index contributed by atoms with van der Waals surface area (Å²) in [5.74, 6) is -0.609. The number of hydrogen-bond acceptors (Lipinski definition) is 4. The molecule has 0 saturated carbocycles. The van der Waals surface area contributed by atoms with Gasteiger partial charge in [0, 0.05) is 14.1 Å². The van der Waals surface area contributed by atoms with E-state index in [4.69, 9.17) is 16.3 Å². The molecular weight excluding hydrogens is 350 g/mol. The van der Waals surface area contributed by atoms with E-state index in [-0.39, 0.29) is 22.1 Å². The zero-order chi connectivity index (χ0) is 17.9. The monoisotopic (exact) mass is 367 g/mol. The first-order chi connectivity index (χ1) is 11.2. The molecule has 2 rings (SSSR count). The number of hydrogen-bond donors (Lipinski definition) is 0. The highest BCUT2D eigenvalue weighted by atomic mass is 35.5. The molecule has 0 fully saturated rings. The third-order valence-electron chi connectivity index (χ3n) is 3.42. The van der Waals surface area contributed by atoms with Gasteiger partial charge in [0.2, 0.25) is 10.0 Å². The summed E-state index contributed by atoms with van der Waals surface area (Å²) in [5.41, 5.74) is 2.09. The number of aryl methyl sites for hydroxylation is 1. The van der Waals surface area contributed by atoms with Gasteiger partial charge in [0.1, 0.15) is 11.5 Å². The van der Waals surface area contributed by atoms with Crippen LogP contribution >= 0.6 is 11.6 Å². The van der Waals surface area contributed by atoms with Crippen molar-refractivity contribution in [1.29, 1.82) is 0 Å². The van der Waals surface area contributed by atoms with Gasteiger partial charge in [-0.15, -0.1) is 0 Å². The smallest absolute Gasteiger partial charge is 0.338 e. The van der Waals surface area contributed by atoms with Crippen molar-refractivity contribution in [3.8, 4) is 0 Å². The van der Waals surface area contributed by atoms with Crippen molar-refractivity contribution in [3.63, 3.8) is 0 Å². The normalized spacial score (nSPS) is 11.5. The molecule has 0 spiro atoms. The molecule has 0 saturated heterocycles. The Morgan fingerprint density at radius 2 is 1.75 bits per heavy atom. The number of carbonyl (C=O) groups excluding carboxylic acids is 1. The van der Waals surface area contributed by atoms with Crippen LogP contribution in [-0.4, -0.2) is 32.8 Å². The van der Waals surface area contributed by atoms with Crippen LogP contribution < -0.4 is 0 Å². The molecule has 0 aliphatic carbocycles. The Bertz CT molecular complexity index is 845. The highest BCUT2D eigenvalue weighted by Crippen LogP contribution is 2.25. The van der Waals surface area contributed by atoms with Crippen LogP contribution in [0.3, 0.4) is 0 Å². The van der Waals surface area contributed by atoms with Gasteiger partial charge in [-0.1, -0.05) is 41.4 Å². The van der Waals surface area contributed by atoms with Crippen LogP contribution in [-0.2, 0) is 21.4 Å². The maximum atomic E-state index is 12.2. The molecule has 2 aromatic rings. The predicted molar refractivity (Wildman–Crippen MR) is 92.6 cm³/mol. The van der Waals surface area contributed by atoms with E-state index < -0.39 is 16.0 Å². The van der Waals surface area contributed by atoms with Crippen molar-refractivity contribution in [3.05, 3.63) is 64.2 Å². The third-order valence-corrected chi connectivity index (χ3v) is 5.71. The second kappa shape index (κ2) is 7.34. The number of rotatable bonds is 5. The Hall–Kier alpha value is -1.89. The summed E-state index contributed by atoms with van der Waals surface area (Å²) in [7, 11) is -0.948. The first-order valence-electron chi connectivity index (χ1n) is 7.16. The van der Waals surface area contributed by atoms with Gasteiger partial charge in [-0.25, -0.2) is 17.5 Å². The maximum absolute atomic E-state index is 12.2. The fraction of sp³-hybridized carbons (Fsp3) is 0.235. The predicted octanol–water partition coefficient (Wildman–Crippen LogP) is 3.26. The van der Waals surface area contributed by atoms with Gasteiger partial charge in [0.05, 0.1) is 10.6 Å². The average molecular weight is 368 g/mol. The number of carbonyl (C=O) groups is 1. The van der Waals surface area contributed by atoms with Gasteiger partial charge in [-0.05, 0) is 30.7 Å². The number of benzene rings is 2. The maximum Gasteiger partial charge on any atom is 0.338 e. The van der Waals surface area contributed by atoms with E-state index in [2.05, 4.69) is 0 Å². The molecular formula is C17H18ClNO4S. The number of ether oxygens (including phenoxy) is 1. The van der Waals surface area contributed by atoms with E-state index in [1.807, 2.05) is 31.2 Å². The summed E-state index contributed by atoms with van der Waals surface area (Å²) in [6.07, 6.45) is 0. The average Bonchev–Trinajstić information content (AvgIpc) is 2.54. The van der Waals surface area contributed by atoms with Crippen LogP contribution in [0.4, 0.5) is 0 Å². The molecule has 0 aromatic heterocycles. The Labute approximate surface area is 146 Å². The van der Waals surface area contributed by atoms with E-state index in [1.54, 1.807) is 0 Å². The topological polar surface area (TPSA) is 63.7 Å². The highest BCUT2D eigenvalue weighted by Gasteiger charge is 2.22. The second-order valence-corrected chi connectivity index (χ2v) is 8.02. The van der Waals surface area contributed by atoms with E-state index in [0.29, 0.717) is 0 Å². The Kier molecular flexibility index (Phi) is 5.64. The van der Waals surface area contributed by atoms with Gasteiger partial charge in [0.25, 0.3) is 0 Å². The Morgan fingerprint density at radius 3 is 2.33 bits per heavy atom. The van der Waals surface area contributed by atoms with E-state index >= 15 is 0 Å². The second-order valence-electron chi connectivity index (χ2n) is 5.49. The molecule has 0 aliphatic rings. The van der Waals surface area contributed by atoms with Gasteiger partial charge in [-0.2, -0.15) is 0 Å². The molecule has 0 aliphatic heterocycles. The van der Waals surface area contributed by atoms with Crippen LogP contribution in [0.15, 0.2) is 47.4 Å². The first kappa shape index (κ1) is 18.4. The van der Waals surface area contributed by atoms with Crippen LogP contribution in [0.5, 0.6) is 0 Å². The molecule has 0 radical (unpaired) electrons. The lowest BCUT2D eigenvalue weighted by atomic mass is 10.2. The summed E-state index contributed by atoms with van der Waals surface area (Å²) in [4.78, 5) is 12.0. The van der Waals surface area contributed by atoms with Crippen LogP contribution in [0.2, 0.25) is 5.02 Å². The molecule has 0 atom stereocenters. The summed E-state index contributed by atoms with van der Waals surface area (Å²) >= 11 is 5.96. The van der Waals surface area contributed by atoms with Crippen molar-refractivity contribution >= 4 is 27.6 Å². The molecule has 2 aromatic carbocycles. The Balaban J connectivity index is 2.20. The SMILES string of the molecule is Cc1ccc(COC(=O)c2ccc(Cl)c(S(=O)(=O)N(C)C)c2)cc1. The minimum Gasteiger partial charge on any atom is -0.457 e. The van der Waals surface area contributed by atoms with Crippen molar-refractivity contribution in [2.24, 2.45) is 0 Å². The first-order valence-corrected chi connectivity index (χ1v) is 8.98. The molecule has 0 bridgehead atoms. The van der Waals surface area contributed by atoms with E-state index in [1.165, 1.54) is 32.3 Å². The van der Waals surface area contributed by atoms with E-state index in [9.17, 15) is 13.2 Å². The van der Waals surface area contributed by atoms with Gasteiger partial charge < -0.3 is 4.74 Å². The number of sulfonamides is 1. The lowest BCUT2D eigenvalue weighted by Crippen LogP contribution is -2.23. The van der Waals surface area contributed by atoms with Crippen molar-refractivity contribution in [2.75, 3.05) is 14.1 Å². The molecule has 5 nitrogen and oxygen atoms in total. The minimum atomic E-state index is -3.74. The zero-order valence-electron chi connectivity index (χ0n) is 13.6. The molecule has 0 unspecified atom stereocenters. The molecule has 128 valence electrons. The fourth-order valence-corrected chi connectivity index (χ4v) is 3.34. The number of nitrogens with zero attached hydrogens (tertiary/aromatic N) is 1. The minimum absolute atomic E-state index is 0.0544. The number of halogens is 1. The van der Waals surface area contributed by atoms with Crippen LogP contribution in [0, 0.1) is 6.92 Å². The van der Waals surface area contributed by atoms with Crippen molar-refractivity contribution in [2.45, 2.75) is 18.4 Å². The summed E-state index contributed by atoms with van der Waals surface area (Å²) < 4.78 is 30.7. The third kappa shape index (κ3) is 4.14. The van der Waals surface area contributed by atoms with Gasteiger partial charge in [0.15, 0.2) is 0 Å². The number of esters is 1. The zero-order valence-corrected chi connectivity index (χ0v) is 15.2. The van der Waals surface area contributed by atoms with Crippen molar-refractivity contribution < 1.29 is 17.9 Å². The van der Waals surface area contributed by atoms with Crippen LogP contribution in [0.25, 0.3) is 0 Å². The lowest BCUT2D eigenvalue weighted by Gasteiger charge is -2.13. The molecule has 7 heteroatoms. The highest BCUT2D eigenvalue weighted by molar-refractivity contribution is 7.89. The quantitative estimate of drug-likeness (QED) is 0.761. The van der Waals surface area contributed by atoms with Gasteiger partial charge in [-0.3, -0.25) is 0 Å². The molecule has 0 heterocycles. The summed E-state index contributed by atoms with van der Waals surface area (Å²) in [6.45, 7) is 2.08. The molecule has 24 heavy (non-hydrogen) atoms. The fourth-order valence-electron chi connectivity index (χ4n) is 1.94. The summed E-state index contributed by atoms with van der Waals surface area (Å²) in [5, 5.41) is 0.0544. The van der Waals surface area contributed by atoms with Crippen molar-refractivity contribution in [1.82, 2.24) is 4.31 Å². The van der Waals surface area contributed by atoms with Crippen LogP contribution in [0.1, 0.15) is 21.5 Å². The molecule has 0 amide bonds. The van der Waals surface area contributed by atoms with E-state index in [0.717, 1.165) is 15.4 Å². The van der Waals surface area contributed by atoms with Gasteiger partial charge >= 0.3 is 5.97 Å². The lowest BCUT2D eigenvalue weighted by molar-refractivity contribution is 0.0472. The standard InChI is InChI=1S/C17H18ClNO4S/c1-12-4-6-13(7-5-12)11-23-17(20)14-8-9-15(18)16(10-14)24(21,22)19(2)3/h4-10H,11H2,1-3H3.